The van der Waals surface area contributed by atoms with Gasteiger partial charge >= 0.3 is 12.1 Å². The summed E-state index contributed by atoms with van der Waals surface area (Å²) >= 11 is 0. The molecule has 0 N–H and O–H groups in total. The third-order valence-corrected chi connectivity index (χ3v) is 3.12. The summed E-state index contributed by atoms with van der Waals surface area (Å²) in [7, 11) is 0. The average Bonchev–Trinajstić information content (AvgIpc) is 3.00. The second-order valence-electron chi connectivity index (χ2n) is 4.53. The van der Waals surface area contributed by atoms with Crippen molar-refractivity contribution in [2.75, 3.05) is 32.7 Å². The summed E-state index contributed by atoms with van der Waals surface area (Å²) in [5, 5.41) is 0. The van der Waals surface area contributed by atoms with Crippen LogP contribution in [-0.4, -0.2) is 54.6 Å². The third-order valence-electron chi connectivity index (χ3n) is 3.12. The van der Waals surface area contributed by atoms with Gasteiger partial charge in [0.2, 0.25) is 0 Å². The maximum atomic E-state index is 12.1. The Kier molecular flexibility index (Phi) is 3.10. The molecule has 0 atom stereocenters. The molecule has 92 valence electrons. The Hall–Kier alpha value is -0.780. The molecule has 0 unspecified atom stereocenters. The first-order valence-electron chi connectivity index (χ1n) is 5.55. The highest BCUT2D eigenvalue weighted by Crippen LogP contribution is 2.30. The molecule has 0 aromatic carbocycles. The van der Waals surface area contributed by atoms with Crippen LogP contribution in [0.25, 0.3) is 0 Å². The van der Waals surface area contributed by atoms with Crippen molar-refractivity contribution in [2.24, 2.45) is 5.92 Å². The van der Waals surface area contributed by atoms with Gasteiger partial charge < -0.3 is 4.90 Å². The van der Waals surface area contributed by atoms with E-state index in [2.05, 4.69) is 4.90 Å². The van der Waals surface area contributed by atoms with Crippen molar-refractivity contribution in [3.63, 3.8) is 0 Å². The normalized spacial score (nSPS) is 23.6. The highest BCUT2D eigenvalue weighted by molar-refractivity contribution is 5.81. The fourth-order valence-electron chi connectivity index (χ4n) is 1.98. The third kappa shape index (κ3) is 2.87. The predicted molar refractivity (Wildman–Crippen MR) is 51.8 cm³/mol. The molecular formula is C10H15F3N2O. The number of hydrogen-bond acceptors (Lipinski definition) is 2. The van der Waals surface area contributed by atoms with E-state index < -0.39 is 12.1 Å². The number of nitrogens with zero attached hydrogens (tertiary/aromatic N) is 2. The average molecular weight is 236 g/mol. The smallest absolute Gasteiger partial charge is 0.332 e. The molecule has 1 aliphatic heterocycles. The van der Waals surface area contributed by atoms with E-state index in [4.69, 9.17) is 0 Å². The molecule has 1 saturated heterocycles. The van der Waals surface area contributed by atoms with Gasteiger partial charge in [-0.15, -0.1) is 0 Å². The van der Waals surface area contributed by atoms with Gasteiger partial charge in [-0.05, 0) is 18.8 Å². The number of rotatable bonds is 2. The Labute approximate surface area is 92.2 Å². The van der Waals surface area contributed by atoms with Gasteiger partial charge in [-0.25, -0.2) is 0 Å². The molecule has 2 rings (SSSR count). The second-order valence-corrected chi connectivity index (χ2v) is 4.53. The van der Waals surface area contributed by atoms with Gasteiger partial charge in [-0.1, -0.05) is 0 Å². The van der Waals surface area contributed by atoms with Crippen LogP contribution < -0.4 is 0 Å². The largest absolute Gasteiger partial charge is 0.471 e. The Balaban J connectivity index is 1.77. The lowest BCUT2D eigenvalue weighted by Crippen LogP contribution is -2.52. The number of alkyl halides is 3. The Morgan fingerprint density at radius 3 is 2.12 bits per heavy atom. The molecule has 6 heteroatoms. The lowest BCUT2D eigenvalue weighted by molar-refractivity contribution is -0.187. The first-order chi connectivity index (χ1) is 7.47. The summed E-state index contributed by atoms with van der Waals surface area (Å²) in [5.41, 5.74) is 0. The van der Waals surface area contributed by atoms with E-state index in [1.807, 2.05) is 0 Å². The molecule has 0 aromatic rings. The zero-order chi connectivity index (χ0) is 11.8. The molecule has 0 spiro atoms. The Bertz CT molecular complexity index is 268. The molecule has 3 nitrogen and oxygen atoms in total. The Morgan fingerprint density at radius 2 is 1.69 bits per heavy atom. The molecule has 1 amide bonds. The molecular weight excluding hydrogens is 221 g/mol. The van der Waals surface area contributed by atoms with Crippen LogP contribution in [0.1, 0.15) is 12.8 Å². The molecule has 0 aromatic heterocycles. The zero-order valence-electron chi connectivity index (χ0n) is 8.96. The maximum Gasteiger partial charge on any atom is 0.471 e. The summed E-state index contributed by atoms with van der Waals surface area (Å²) in [6.45, 7) is 2.51. The van der Waals surface area contributed by atoms with E-state index in [1.54, 1.807) is 0 Å². The fraction of sp³-hybridized carbons (Fsp3) is 0.900. The first-order valence-corrected chi connectivity index (χ1v) is 5.55. The minimum Gasteiger partial charge on any atom is -0.332 e. The standard InChI is InChI=1S/C10H15F3N2O/c11-10(12,13)9(16)15-5-3-14(4-6-15)7-8-1-2-8/h8H,1-7H2. The lowest BCUT2D eigenvalue weighted by atomic mass is 10.2. The van der Waals surface area contributed by atoms with Crippen molar-refractivity contribution < 1.29 is 18.0 Å². The molecule has 2 fully saturated rings. The SMILES string of the molecule is O=C(N1CCN(CC2CC2)CC1)C(F)(F)F. The van der Waals surface area contributed by atoms with Gasteiger partial charge in [-0.2, -0.15) is 13.2 Å². The minimum atomic E-state index is -4.72. The first kappa shape index (κ1) is 11.7. The van der Waals surface area contributed by atoms with Crippen molar-refractivity contribution in [1.82, 2.24) is 9.80 Å². The van der Waals surface area contributed by atoms with E-state index in [0.717, 1.165) is 17.4 Å². The quantitative estimate of drug-likeness (QED) is 0.717. The van der Waals surface area contributed by atoms with Crippen LogP contribution in [0.15, 0.2) is 0 Å². The van der Waals surface area contributed by atoms with E-state index in [1.165, 1.54) is 12.8 Å². The summed E-state index contributed by atoms with van der Waals surface area (Å²) in [6, 6.07) is 0. The summed E-state index contributed by atoms with van der Waals surface area (Å²) in [4.78, 5) is 14.0. The van der Waals surface area contributed by atoms with Crippen molar-refractivity contribution in [2.45, 2.75) is 19.0 Å². The van der Waals surface area contributed by atoms with Gasteiger partial charge in [0, 0.05) is 32.7 Å². The van der Waals surface area contributed by atoms with Crippen LogP contribution in [0.5, 0.6) is 0 Å². The molecule has 16 heavy (non-hydrogen) atoms. The fourth-order valence-corrected chi connectivity index (χ4v) is 1.98. The summed E-state index contributed by atoms with van der Waals surface area (Å²) in [5.74, 6) is -0.955. The molecule has 0 bridgehead atoms. The molecule has 2 aliphatic rings. The number of carbonyl (C=O) groups is 1. The molecule has 1 saturated carbocycles. The lowest BCUT2D eigenvalue weighted by Gasteiger charge is -2.34. The summed E-state index contributed by atoms with van der Waals surface area (Å²) < 4.78 is 36.4. The molecule has 1 aliphatic carbocycles. The van der Waals surface area contributed by atoms with E-state index in [-0.39, 0.29) is 13.1 Å². The van der Waals surface area contributed by atoms with Gasteiger partial charge in [0.15, 0.2) is 0 Å². The van der Waals surface area contributed by atoms with E-state index in [0.29, 0.717) is 13.1 Å². The number of halogens is 3. The van der Waals surface area contributed by atoms with Crippen LogP contribution in [0.3, 0.4) is 0 Å². The van der Waals surface area contributed by atoms with Gasteiger partial charge in [0.05, 0.1) is 0 Å². The topological polar surface area (TPSA) is 23.6 Å². The number of hydrogen-bond donors (Lipinski definition) is 0. The Morgan fingerprint density at radius 1 is 1.12 bits per heavy atom. The molecule has 0 radical (unpaired) electrons. The highest BCUT2D eigenvalue weighted by atomic mass is 19.4. The van der Waals surface area contributed by atoms with Crippen LogP contribution in [0, 0.1) is 5.92 Å². The zero-order valence-corrected chi connectivity index (χ0v) is 8.96. The van der Waals surface area contributed by atoms with Crippen LogP contribution in [-0.2, 0) is 4.79 Å². The predicted octanol–water partition coefficient (Wildman–Crippen LogP) is 1.10. The van der Waals surface area contributed by atoms with Crippen molar-refractivity contribution in [3.8, 4) is 0 Å². The maximum absolute atomic E-state index is 12.1. The van der Waals surface area contributed by atoms with Crippen molar-refractivity contribution >= 4 is 5.91 Å². The van der Waals surface area contributed by atoms with Gasteiger partial charge in [-0.3, -0.25) is 9.69 Å². The second kappa shape index (κ2) is 4.24. The van der Waals surface area contributed by atoms with Crippen LogP contribution in [0.4, 0.5) is 13.2 Å². The minimum absolute atomic E-state index is 0.199. The van der Waals surface area contributed by atoms with E-state index in [9.17, 15) is 18.0 Å². The number of carbonyl (C=O) groups excluding carboxylic acids is 1. The number of amides is 1. The number of piperazine rings is 1. The van der Waals surface area contributed by atoms with Gasteiger partial charge in [0.25, 0.3) is 0 Å². The van der Waals surface area contributed by atoms with Gasteiger partial charge in [0.1, 0.15) is 0 Å². The monoisotopic (exact) mass is 236 g/mol. The highest BCUT2D eigenvalue weighted by Gasteiger charge is 2.43. The van der Waals surface area contributed by atoms with Crippen molar-refractivity contribution in [3.05, 3.63) is 0 Å². The molecule has 1 heterocycles. The van der Waals surface area contributed by atoms with Crippen molar-refractivity contribution in [1.29, 1.82) is 0 Å². The van der Waals surface area contributed by atoms with E-state index >= 15 is 0 Å². The summed E-state index contributed by atoms with van der Waals surface area (Å²) in [6.07, 6.45) is -2.25. The van der Waals surface area contributed by atoms with Crippen LogP contribution >= 0.6 is 0 Å². The van der Waals surface area contributed by atoms with Crippen LogP contribution in [0.2, 0.25) is 0 Å².